The Balaban J connectivity index is 1.90. The largest absolute Gasteiger partial charge is 0.254 e. The Morgan fingerprint density at radius 2 is 1.42 bits per heavy atom. The second-order valence-corrected chi connectivity index (χ2v) is 5.87. The summed E-state index contributed by atoms with van der Waals surface area (Å²) < 4.78 is 2.27. The van der Waals surface area contributed by atoms with Gasteiger partial charge in [-0.2, -0.15) is 0 Å². The molecule has 0 radical (unpaired) electrons. The van der Waals surface area contributed by atoms with Crippen LogP contribution in [0, 0.1) is 6.92 Å². The van der Waals surface area contributed by atoms with E-state index in [1.165, 1.54) is 82.1 Å². The van der Waals surface area contributed by atoms with Gasteiger partial charge in [0.1, 0.15) is 11.9 Å². The number of H-pyrrole nitrogens is 1. The maximum Gasteiger partial charge on any atom is 0.254 e. The lowest BCUT2D eigenvalue weighted by Gasteiger charge is -2.01. The van der Waals surface area contributed by atoms with Crippen LogP contribution < -0.4 is 4.57 Å². The van der Waals surface area contributed by atoms with E-state index < -0.39 is 0 Å². The second kappa shape index (κ2) is 10.1. The van der Waals surface area contributed by atoms with Gasteiger partial charge in [-0.3, -0.25) is 0 Å². The van der Waals surface area contributed by atoms with Crippen LogP contribution in [-0.2, 0) is 13.5 Å². The Morgan fingerprint density at radius 3 is 1.89 bits per heavy atom. The van der Waals surface area contributed by atoms with Crippen molar-refractivity contribution >= 4 is 0 Å². The van der Waals surface area contributed by atoms with Crippen LogP contribution in [0.3, 0.4) is 0 Å². The molecule has 0 saturated carbocycles. The Hall–Kier alpha value is -0.790. The molecule has 0 aliphatic rings. The van der Waals surface area contributed by atoms with Crippen molar-refractivity contribution in [3.05, 3.63) is 17.7 Å². The summed E-state index contributed by atoms with van der Waals surface area (Å²) in [4.78, 5) is 3.37. The number of nitrogens with zero attached hydrogens (tertiary/aromatic N) is 1. The molecule has 2 heteroatoms. The monoisotopic (exact) mass is 265 g/mol. The molecule has 0 fully saturated rings. The van der Waals surface area contributed by atoms with E-state index in [0.717, 1.165) is 0 Å². The number of hydrogen-bond acceptors (Lipinski definition) is 0. The van der Waals surface area contributed by atoms with E-state index in [1.54, 1.807) is 0 Å². The van der Waals surface area contributed by atoms with Gasteiger partial charge in [-0.25, -0.2) is 9.55 Å². The Morgan fingerprint density at radius 1 is 0.895 bits per heavy atom. The number of nitrogens with one attached hydrogen (secondary N) is 1. The summed E-state index contributed by atoms with van der Waals surface area (Å²) in [5.41, 5.74) is 1.32. The summed E-state index contributed by atoms with van der Waals surface area (Å²) in [7, 11) is 2.15. The molecule has 2 nitrogen and oxygen atoms in total. The molecule has 1 N–H and O–H groups in total. The Bertz CT molecular complexity index is 328. The van der Waals surface area contributed by atoms with Crippen molar-refractivity contribution in [2.45, 2.75) is 84.5 Å². The highest BCUT2D eigenvalue weighted by molar-refractivity contribution is 4.87. The van der Waals surface area contributed by atoms with Crippen LogP contribution in [0.2, 0.25) is 0 Å². The summed E-state index contributed by atoms with van der Waals surface area (Å²) in [5, 5.41) is 0. The van der Waals surface area contributed by atoms with Crippen molar-refractivity contribution in [2.75, 3.05) is 0 Å². The van der Waals surface area contributed by atoms with Gasteiger partial charge in [0.05, 0.1) is 7.05 Å². The van der Waals surface area contributed by atoms with Gasteiger partial charge in [-0.05, 0) is 6.42 Å². The molecule has 0 unspecified atom stereocenters. The SMILES string of the molecule is CCCCCCCCCCCCc1[nH]cc(C)[n+]1C. The lowest BCUT2D eigenvalue weighted by molar-refractivity contribution is -0.683. The minimum Gasteiger partial charge on any atom is -0.247 e. The summed E-state index contributed by atoms with van der Waals surface area (Å²) >= 11 is 0. The predicted molar refractivity (Wildman–Crippen MR) is 82.3 cm³/mol. The first-order valence-electron chi connectivity index (χ1n) is 8.28. The van der Waals surface area contributed by atoms with Gasteiger partial charge in [0.2, 0.25) is 0 Å². The van der Waals surface area contributed by atoms with Crippen LogP contribution in [0.5, 0.6) is 0 Å². The van der Waals surface area contributed by atoms with Crippen molar-refractivity contribution in [3.8, 4) is 0 Å². The molecule has 0 spiro atoms. The smallest absolute Gasteiger partial charge is 0.247 e. The molecule has 1 rings (SSSR count). The molecule has 0 amide bonds. The highest BCUT2D eigenvalue weighted by Crippen LogP contribution is 2.11. The maximum absolute atomic E-state index is 3.37. The molecule has 0 bridgehead atoms. The zero-order valence-electron chi connectivity index (χ0n) is 13.3. The fourth-order valence-electron chi connectivity index (χ4n) is 2.61. The molecule has 0 saturated heterocycles. The number of aromatic nitrogens is 2. The standard InChI is InChI=1S/C17H32N2/c1-4-5-6-7-8-9-10-11-12-13-14-17-18-15-16(2)19(17)3/h15H,4-14H2,1-3H3/p+1. The zero-order chi connectivity index (χ0) is 13.9. The average Bonchev–Trinajstić information content (AvgIpc) is 2.73. The maximum atomic E-state index is 3.37. The van der Waals surface area contributed by atoms with Gasteiger partial charge in [0.15, 0.2) is 0 Å². The van der Waals surface area contributed by atoms with Gasteiger partial charge in [0.25, 0.3) is 5.82 Å². The van der Waals surface area contributed by atoms with Crippen LogP contribution in [0.1, 0.15) is 82.7 Å². The fourth-order valence-corrected chi connectivity index (χ4v) is 2.61. The molecule has 110 valence electrons. The number of unbranched alkanes of at least 4 members (excludes halogenated alkanes) is 9. The van der Waals surface area contributed by atoms with E-state index in [9.17, 15) is 0 Å². The van der Waals surface area contributed by atoms with Crippen molar-refractivity contribution in [3.63, 3.8) is 0 Å². The normalized spacial score (nSPS) is 11.1. The van der Waals surface area contributed by atoms with Gasteiger partial charge >= 0.3 is 0 Å². The fraction of sp³-hybridized carbons (Fsp3) is 0.824. The van der Waals surface area contributed by atoms with Crippen LogP contribution in [0.25, 0.3) is 0 Å². The minimum absolute atomic E-state index is 1.20. The number of rotatable bonds is 11. The first-order valence-corrected chi connectivity index (χ1v) is 8.28. The summed E-state index contributed by atoms with van der Waals surface area (Å²) in [6, 6.07) is 0. The van der Waals surface area contributed by atoms with Gasteiger partial charge in [-0.1, -0.05) is 64.7 Å². The second-order valence-electron chi connectivity index (χ2n) is 5.87. The summed E-state index contributed by atoms with van der Waals surface area (Å²) in [5.74, 6) is 1.37. The Labute approximate surface area is 119 Å². The van der Waals surface area contributed by atoms with Crippen molar-refractivity contribution in [1.29, 1.82) is 0 Å². The van der Waals surface area contributed by atoms with E-state index in [2.05, 4.69) is 36.6 Å². The van der Waals surface area contributed by atoms with E-state index >= 15 is 0 Å². The molecule has 1 aromatic rings. The quantitative estimate of drug-likeness (QED) is 0.445. The molecule has 19 heavy (non-hydrogen) atoms. The zero-order valence-corrected chi connectivity index (χ0v) is 13.3. The third-order valence-corrected chi connectivity index (χ3v) is 4.15. The molecule has 1 heterocycles. The molecule has 0 aromatic carbocycles. The van der Waals surface area contributed by atoms with Gasteiger partial charge < -0.3 is 0 Å². The topological polar surface area (TPSA) is 19.7 Å². The third kappa shape index (κ3) is 6.79. The van der Waals surface area contributed by atoms with Crippen LogP contribution in [-0.4, -0.2) is 4.98 Å². The number of hydrogen-bond donors (Lipinski definition) is 1. The van der Waals surface area contributed by atoms with Crippen LogP contribution >= 0.6 is 0 Å². The van der Waals surface area contributed by atoms with Gasteiger partial charge in [-0.15, -0.1) is 0 Å². The molecular formula is C17H33N2+. The molecular weight excluding hydrogens is 232 g/mol. The van der Waals surface area contributed by atoms with Crippen LogP contribution in [0.4, 0.5) is 0 Å². The molecule has 1 aromatic heterocycles. The van der Waals surface area contributed by atoms with E-state index in [4.69, 9.17) is 0 Å². The molecule has 0 aliphatic heterocycles. The first-order chi connectivity index (χ1) is 9.25. The summed E-state index contributed by atoms with van der Waals surface area (Å²) in [6.45, 7) is 4.43. The van der Waals surface area contributed by atoms with Crippen LogP contribution in [0.15, 0.2) is 6.20 Å². The van der Waals surface area contributed by atoms with Crippen molar-refractivity contribution in [1.82, 2.24) is 4.98 Å². The lowest BCUT2D eigenvalue weighted by atomic mass is 10.1. The Kier molecular flexibility index (Phi) is 8.61. The number of imidazole rings is 1. The highest BCUT2D eigenvalue weighted by atomic mass is 15.0. The van der Waals surface area contributed by atoms with E-state index in [-0.39, 0.29) is 0 Å². The number of aromatic amines is 1. The predicted octanol–water partition coefficient (Wildman–Crippen LogP) is 4.61. The molecule has 0 atom stereocenters. The lowest BCUT2D eigenvalue weighted by Crippen LogP contribution is -2.33. The third-order valence-electron chi connectivity index (χ3n) is 4.15. The molecule has 0 aliphatic carbocycles. The van der Waals surface area contributed by atoms with Crippen molar-refractivity contribution in [2.24, 2.45) is 7.05 Å². The van der Waals surface area contributed by atoms with E-state index in [1.807, 2.05) is 0 Å². The average molecular weight is 265 g/mol. The summed E-state index contributed by atoms with van der Waals surface area (Å²) in [6.07, 6.45) is 17.4. The minimum atomic E-state index is 1.20. The van der Waals surface area contributed by atoms with Gasteiger partial charge in [0, 0.05) is 13.3 Å². The van der Waals surface area contributed by atoms with E-state index in [0.29, 0.717) is 0 Å². The van der Waals surface area contributed by atoms with Crippen molar-refractivity contribution < 1.29 is 4.57 Å². The number of aryl methyl sites for hydroxylation is 2. The first kappa shape index (κ1) is 16.3. The highest BCUT2D eigenvalue weighted by Gasteiger charge is 2.09.